The molecule has 2 aromatic carbocycles. The highest BCUT2D eigenvalue weighted by Crippen LogP contribution is 2.38. The van der Waals surface area contributed by atoms with Gasteiger partial charge in [0, 0.05) is 11.6 Å². The minimum atomic E-state index is -4.58. The van der Waals surface area contributed by atoms with Crippen LogP contribution in [0.5, 0.6) is 11.5 Å². The molecule has 138 valence electrons. The summed E-state index contributed by atoms with van der Waals surface area (Å²) < 4.78 is 45.5. The first-order valence-corrected chi connectivity index (χ1v) is 7.98. The van der Waals surface area contributed by atoms with Crippen LogP contribution in [-0.4, -0.2) is 22.1 Å². The molecular formula is C19H12F3NO4. The highest BCUT2D eigenvalue weighted by molar-refractivity contribution is 6.12. The Morgan fingerprint density at radius 2 is 1.85 bits per heavy atom. The lowest BCUT2D eigenvalue weighted by Gasteiger charge is -2.22. The summed E-state index contributed by atoms with van der Waals surface area (Å²) in [6.07, 6.45) is -1.46. The Kier molecular flexibility index (Phi) is 3.73. The van der Waals surface area contributed by atoms with Gasteiger partial charge in [-0.15, -0.1) is 0 Å². The first kappa shape index (κ1) is 17.1. The fourth-order valence-electron chi connectivity index (χ4n) is 3.26. The van der Waals surface area contributed by atoms with Crippen molar-refractivity contribution in [3.05, 3.63) is 58.6 Å². The Balaban J connectivity index is 2.07. The summed E-state index contributed by atoms with van der Waals surface area (Å²) in [6.45, 7) is 0. The number of hydrogen-bond donors (Lipinski definition) is 2. The second-order valence-electron chi connectivity index (χ2n) is 6.18. The molecule has 1 aliphatic rings. The van der Waals surface area contributed by atoms with Crippen molar-refractivity contribution in [1.82, 2.24) is 0 Å². The fraction of sp³-hybridized carbons (Fsp3) is 0.158. The van der Waals surface area contributed by atoms with E-state index in [0.717, 1.165) is 6.26 Å². The average Bonchev–Trinajstić information content (AvgIpc) is 2.64. The fourth-order valence-corrected chi connectivity index (χ4v) is 3.26. The molecule has 2 heterocycles. The zero-order valence-electron chi connectivity index (χ0n) is 13.6. The van der Waals surface area contributed by atoms with Crippen molar-refractivity contribution in [3.63, 3.8) is 0 Å². The zero-order valence-corrected chi connectivity index (χ0v) is 13.6. The molecule has 0 amide bonds. The molecule has 0 saturated carbocycles. The quantitative estimate of drug-likeness (QED) is 0.492. The van der Waals surface area contributed by atoms with Gasteiger partial charge in [0.25, 0.3) is 0 Å². The Morgan fingerprint density at radius 1 is 1.11 bits per heavy atom. The molecule has 3 aromatic rings. The van der Waals surface area contributed by atoms with Gasteiger partial charge >= 0.3 is 6.18 Å². The third kappa shape index (κ3) is 2.64. The third-order valence-corrected chi connectivity index (χ3v) is 4.57. The predicted molar refractivity (Wildman–Crippen MR) is 93.2 cm³/mol. The molecule has 1 unspecified atom stereocenters. The van der Waals surface area contributed by atoms with Gasteiger partial charge in [-0.3, -0.25) is 9.79 Å². The monoisotopic (exact) mass is 375 g/mol. The van der Waals surface area contributed by atoms with Crippen LogP contribution in [0.1, 0.15) is 12.0 Å². The van der Waals surface area contributed by atoms with Gasteiger partial charge in [-0.2, -0.15) is 13.2 Å². The lowest BCUT2D eigenvalue weighted by atomic mass is 9.91. The number of aromatic hydroxyl groups is 2. The Labute approximate surface area is 149 Å². The van der Waals surface area contributed by atoms with E-state index in [0.29, 0.717) is 5.39 Å². The number of halogens is 3. The number of hydrogen-bond acceptors (Lipinski definition) is 5. The average molecular weight is 375 g/mol. The smallest absolute Gasteiger partial charge is 0.397 e. The summed E-state index contributed by atoms with van der Waals surface area (Å²) in [5, 5.41) is 20.3. The highest BCUT2D eigenvalue weighted by Gasteiger charge is 2.44. The molecule has 0 fully saturated rings. The van der Waals surface area contributed by atoms with E-state index in [1.807, 2.05) is 0 Å². The van der Waals surface area contributed by atoms with Gasteiger partial charge in [0.15, 0.2) is 11.5 Å². The van der Waals surface area contributed by atoms with Crippen molar-refractivity contribution in [2.75, 3.05) is 0 Å². The van der Waals surface area contributed by atoms with Gasteiger partial charge in [-0.05, 0) is 23.9 Å². The lowest BCUT2D eigenvalue weighted by Crippen LogP contribution is -2.34. The summed E-state index contributed by atoms with van der Waals surface area (Å²) in [4.78, 5) is 16.8. The molecule has 0 saturated heterocycles. The first-order chi connectivity index (χ1) is 12.8. The van der Waals surface area contributed by atoms with Crippen LogP contribution in [0.25, 0.3) is 21.7 Å². The summed E-state index contributed by atoms with van der Waals surface area (Å²) in [6, 6.07) is 5.78. The molecule has 8 heteroatoms. The molecule has 0 radical (unpaired) electrons. The topological polar surface area (TPSA) is 83.0 Å². The summed E-state index contributed by atoms with van der Waals surface area (Å²) >= 11 is 0. The summed E-state index contributed by atoms with van der Waals surface area (Å²) in [7, 11) is 0. The van der Waals surface area contributed by atoms with Crippen molar-refractivity contribution in [2.45, 2.75) is 12.6 Å². The predicted octanol–water partition coefficient (Wildman–Crippen LogP) is 4.24. The normalized spacial score (nSPS) is 17.4. The van der Waals surface area contributed by atoms with Crippen LogP contribution in [-0.2, 0) is 0 Å². The molecule has 5 nitrogen and oxygen atoms in total. The van der Waals surface area contributed by atoms with Gasteiger partial charge < -0.3 is 14.6 Å². The van der Waals surface area contributed by atoms with Gasteiger partial charge in [0.1, 0.15) is 17.8 Å². The standard InChI is InChI=1S/C19H12F3NO4/c20-19(21,22)11-2-1-7-23-16(11)10-8-27-13-6-4-9-3-5-12(24)18(26)14(9)15(13)17(10)25/h1,3-8,11,24,26H,2H2. The van der Waals surface area contributed by atoms with Gasteiger partial charge in [-0.1, -0.05) is 18.2 Å². The van der Waals surface area contributed by atoms with Crippen LogP contribution < -0.4 is 5.43 Å². The van der Waals surface area contributed by atoms with E-state index in [9.17, 15) is 28.2 Å². The minimum absolute atomic E-state index is 0.0126. The maximum Gasteiger partial charge on any atom is 0.397 e. The van der Waals surface area contributed by atoms with Crippen LogP contribution in [0.2, 0.25) is 0 Å². The van der Waals surface area contributed by atoms with Crippen molar-refractivity contribution in [3.8, 4) is 11.5 Å². The first-order valence-electron chi connectivity index (χ1n) is 7.98. The zero-order chi connectivity index (χ0) is 19.3. The summed E-state index contributed by atoms with van der Waals surface area (Å²) in [5.41, 5.74) is -1.44. The third-order valence-electron chi connectivity index (χ3n) is 4.57. The molecule has 4 rings (SSSR count). The lowest BCUT2D eigenvalue weighted by molar-refractivity contribution is -0.154. The largest absolute Gasteiger partial charge is 0.504 e. The molecule has 1 aliphatic heterocycles. The second-order valence-corrected chi connectivity index (χ2v) is 6.18. The number of nitrogens with zero attached hydrogens (tertiary/aromatic N) is 1. The highest BCUT2D eigenvalue weighted by atomic mass is 19.4. The molecular weight excluding hydrogens is 363 g/mol. The number of allylic oxidation sites excluding steroid dienone is 1. The van der Waals surface area contributed by atoms with Crippen molar-refractivity contribution in [1.29, 1.82) is 0 Å². The summed E-state index contributed by atoms with van der Waals surface area (Å²) in [5.74, 6) is -2.92. The minimum Gasteiger partial charge on any atom is -0.504 e. The van der Waals surface area contributed by atoms with E-state index in [1.54, 1.807) is 6.07 Å². The van der Waals surface area contributed by atoms with Crippen LogP contribution in [0, 0.1) is 5.92 Å². The molecule has 1 aromatic heterocycles. The van der Waals surface area contributed by atoms with E-state index >= 15 is 0 Å². The molecule has 0 aliphatic carbocycles. The van der Waals surface area contributed by atoms with Crippen LogP contribution >= 0.6 is 0 Å². The van der Waals surface area contributed by atoms with E-state index in [4.69, 9.17) is 4.42 Å². The van der Waals surface area contributed by atoms with Crippen LogP contribution in [0.3, 0.4) is 0 Å². The van der Waals surface area contributed by atoms with Crippen molar-refractivity contribution >= 4 is 27.5 Å². The molecule has 2 N–H and O–H groups in total. The number of aliphatic imine (C=N–C) groups is 1. The van der Waals surface area contributed by atoms with Crippen LogP contribution in [0.15, 0.2) is 57.0 Å². The van der Waals surface area contributed by atoms with Gasteiger partial charge in [-0.25, -0.2) is 0 Å². The number of phenols is 2. The Bertz CT molecular complexity index is 1190. The number of alkyl halides is 3. The molecule has 0 spiro atoms. The maximum atomic E-state index is 13.4. The second kappa shape index (κ2) is 5.87. The molecule has 0 bridgehead atoms. The molecule has 1 atom stereocenters. The number of rotatable bonds is 1. The number of phenolic OH excluding ortho intramolecular Hbond substituents is 2. The van der Waals surface area contributed by atoms with E-state index in [-0.39, 0.29) is 28.3 Å². The number of benzene rings is 2. The van der Waals surface area contributed by atoms with E-state index < -0.39 is 34.7 Å². The van der Waals surface area contributed by atoms with E-state index in [2.05, 4.69) is 4.99 Å². The Morgan fingerprint density at radius 3 is 2.59 bits per heavy atom. The Hall–Kier alpha value is -3.29. The maximum absolute atomic E-state index is 13.4. The van der Waals surface area contributed by atoms with Crippen molar-refractivity contribution in [2.24, 2.45) is 10.9 Å². The van der Waals surface area contributed by atoms with Gasteiger partial charge in [0.2, 0.25) is 5.43 Å². The number of fused-ring (bicyclic) bond motifs is 3. The SMILES string of the molecule is O=c1c(C2=NC=CCC2C(F)(F)F)coc2ccc3ccc(O)c(O)c3c12. The molecule has 27 heavy (non-hydrogen) atoms. The van der Waals surface area contributed by atoms with Crippen LogP contribution in [0.4, 0.5) is 13.2 Å². The van der Waals surface area contributed by atoms with Gasteiger partial charge in [0.05, 0.1) is 16.7 Å². The van der Waals surface area contributed by atoms with Crippen molar-refractivity contribution < 1.29 is 27.8 Å². The van der Waals surface area contributed by atoms with E-state index in [1.165, 1.54) is 30.5 Å².